The van der Waals surface area contributed by atoms with E-state index in [0.717, 1.165) is 31.5 Å². The normalized spacial score (nSPS) is 16.0. The molecule has 0 aromatic carbocycles. The summed E-state index contributed by atoms with van der Waals surface area (Å²) in [5, 5.41) is 0. The van der Waals surface area contributed by atoms with E-state index in [4.69, 9.17) is 0 Å². The summed E-state index contributed by atoms with van der Waals surface area (Å²) in [5.74, 6) is 0.197. The highest BCUT2D eigenvalue weighted by atomic mass is 16.2. The molecule has 1 fully saturated rings. The Balaban J connectivity index is 1.88. The largest absolute Gasteiger partial charge is 0.342 e. The Hall–Kier alpha value is -1.62. The van der Waals surface area contributed by atoms with Crippen LogP contribution in [-0.4, -0.2) is 47.0 Å². The molecule has 2 heterocycles. The fourth-order valence-electron chi connectivity index (χ4n) is 2.71. The number of aromatic nitrogens is 1. The zero-order valence-corrected chi connectivity index (χ0v) is 13.0. The molecule has 1 aliphatic rings. The molecule has 1 amide bonds. The molecule has 0 saturated carbocycles. The number of carbonyl (C=O) groups is 1. The minimum atomic E-state index is -0.0141. The van der Waals surface area contributed by atoms with Gasteiger partial charge in [-0.25, -0.2) is 0 Å². The van der Waals surface area contributed by atoms with Crippen molar-refractivity contribution in [2.45, 2.75) is 32.2 Å². The molecule has 0 unspecified atom stereocenters. The van der Waals surface area contributed by atoms with E-state index in [9.17, 15) is 9.59 Å². The molecule has 21 heavy (non-hydrogen) atoms. The first-order chi connectivity index (χ1) is 10.1. The van der Waals surface area contributed by atoms with Crippen molar-refractivity contribution < 1.29 is 4.79 Å². The molecular weight excluding hydrogens is 266 g/mol. The highest BCUT2D eigenvalue weighted by Gasteiger charge is 2.17. The quantitative estimate of drug-likeness (QED) is 0.838. The van der Waals surface area contributed by atoms with Crippen LogP contribution >= 0.6 is 0 Å². The number of amides is 1. The van der Waals surface area contributed by atoms with Crippen LogP contribution in [0, 0.1) is 0 Å². The summed E-state index contributed by atoms with van der Waals surface area (Å²) < 4.78 is 1.55. The number of likely N-dealkylation sites (tertiary alicyclic amines) is 1. The van der Waals surface area contributed by atoms with Crippen molar-refractivity contribution in [3.8, 4) is 0 Å². The Kier molecular flexibility index (Phi) is 5.56. The van der Waals surface area contributed by atoms with E-state index in [2.05, 4.69) is 0 Å². The van der Waals surface area contributed by atoms with Gasteiger partial charge in [-0.15, -0.1) is 0 Å². The van der Waals surface area contributed by atoms with Crippen molar-refractivity contribution in [1.82, 2.24) is 14.4 Å². The summed E-state index contributed by atoms with van der Waals surface area (Å²) in [6.45, 7) is 2.81. The minimum Gasteiger partial charge on any atom is -0.342 e. The predicted octanol–water partition coefficient (Wildman–Crippen LogP) is 1.22. The lowest BCUT2D eigenvalue weighted by molar-refractivity contribution is -0.132. The van der Waals surface area contributed by atoms with Crippen molar-refractivity contribution >= 4 is 5.91 Å². The van der Waals surface area contributed by atoms with Crippen molar-refractivity contribution in [2.75, 3.05) is 26.7 Å². The number of hydrogen-bond acceptors (Lipinski definition) is 3. The third-order valence-corrected chi connectivity index (χ3v) is 3.99. The first kappa shape index (κ1) is 15.8. The maximum absolute atomic E-state index is 12.3. The SMILES string of the molecule is CN(CC(=O)N1CCCCCC1)Cc1ccn(C)c(=O)c1. The lowest BCUT2D eigenvalue weighted by Gasteiger charge is -2.24. The second kappa shape index (κ2) is 7.41. The molecule has 0 bridgehead atoms. The smallest absolute Gasteiger partial charge is 0.250 e. The maximum Gasteiger partial charge on any atom is 0.250 e. The van der Waals surface area contributed by atoms with E-state index in [1.54, 1.807) is 23.9 Å². The van der Waals surface area contributed by atoms with E-state index >= 15 is 0 Å². The van der Waals surface area contributed by atoms with Crippen LogP contribution in [0.4, 0.5) is 0 Å². The van der Waals surface area contributed by atoms with E-state index in [0.29, 0.717) is 13.1 Å². The predicted molar refractivity (Wildman–Crippen MR) is 83.1 cm³/mol. The molecule has 5 heteroatoms. The average Bonchev–Trinajstić information content (AvgIpc) is 2.72. The number of likely N-dealkylation sites (N-methyl/N-ethyl adjacent to an activating group) is 1. The molecule has 0 aliphatic carbocycles. The molecule has 2 rings (SSSR count). The van der Waals surface area contributed by atoms with Crippen molar-refractivity contribution in [2.24, 2.45) is 7.05 Å². The number of pyridine rings is 1. The summed E-state index contributed by atoms with van der Waals surface area (Å²) >= 11 is 0. The van der Waals surface area contributed by atoms with Gasteiger partial charge in [-0.05, 0) is 31.5 Å². The van der Waals surface area contributed by atoms with Crippen LogP contribution in [0.2, 0.25) is 0 Å². The molecule has 0 N–H and O–H groups in total. The fourth-order valence-corrected chi connectivity index (χ4v) is 2.71. The number of hydrogen-bond donors (Lipinski definition) is 0. The molecule has 0 radical (unpaired) electrons. The van der Waals surface area contributed by atoms with Gasteiger partial charge in [0.05, 0.1) is 6.54 Å². The first-order valence-electron chi connectivity index (χ1n) is 7.68. The second-order valence-electron chi connectivity index (χ2n) is 5.95. The van der Waals surface area contributed by atoms with Crippen molar-refractivity contribution in [3.63, 3.8) is 0 Å². The number of carbonyl (C=O) groups excluding carboxylic acids is 1. The fraction of sp³-hybridized carbons (Fsp3) is 0.625. The van der Waals surface area contributed by atoms with E-state index in [1.807, 2.05) is 22.9 Å². The van der Waals surface area contributed by atoms with Crippen LogP contribution in [-0.2, 0) is 18.4 Å². The summed E-state index contributed by atoms with van der Waals surface area (Å²) in [4.78, 5) is 27.8. The summed E-state index contributed by atoms with van der Waals surface area (Å²) in [6.07, 6.45) is 6.45. The minimum absolute atomic E-state index is 0.0141. The first-order valence-corrected chi connectivity index (χ1v) is 7.68. The summed E-state index contributed by atoms with van der Waals surface area (Å²) in [6, 6.07) is 3.56. The van der Waals surface area contributed by atoms with Gasteiger partial charge in [0.2, 0.25) is 5.91 Å². The van der Waals surface area contributed by atoms with E-state index in [-0.39, 0.29) is 11.5 Å². The third-order valence-electron chi connectivity index (χ3n) is 3.99. The standard InChI is InChI=1S/C16H25N3O2/c1-17(12-14-7-10-18(2)15(20)11-14)13-16(21)19-8-5-3-4-6-9-19/h7,10-11H,3-6,8-9,12-13H2,1-2H3. The molecular formula is C16H25N3O2. The number of aryl methyl sites for hydroxylation is 1. The van der Waals surface area contributed by atoms with E-state index in [1.165, 1.54) is 12.8 Å². The van der Waals surface area contributed by atoms with Crippen molar-refractivity contribution in [1.29, 1.82) is 0 Å². The van der Waals surface area contributed by atoms with Crippen molar-refractivity contribution in [3.05, 3.63) is 34.2 Å². The lowest BCUT2D eigenvalue weighted by Crippen LogP contribution is -2.39. The lowest BCUT2D eigenvalue weighted by atomic mass is 10.2. The number of rotatable bonds is 4. The molecule has 1 saturated heterocycles. The highest BCUT2D eigenvalue weighted by molar-refractivity contribution is 5.78. The zero-order valence-electron chi connectivity index (χ0n) is 13.0. The Morgan fingerprint density at radius 3 is 2.52 bits per heavy atom. The highest BCUT2D eigenvalue weighted by Crippen LogP contribution is 2.10. The number of nitrogens with zero attached hydrogens (tertiary/aromatic N) is 3. The van der Waals surface area contributed by atoms with Crippen LogP contribution < -0.4 is 5.56 Å². The maximum atomic E-state index is 12.3. The molecule has 116 valence electrons. The van der Waals surface area contributed by atoms with Crippen LogP contribution in [0.15, 0.2) is 23.1 Å². The van der Waals surface area contributed by atoms with Gasteiger partial charge in [0.1, 0.15) is 0 Å². The molecule has 0 atom stereocenters. The van der Waals surface area contributed by atoms with Gasteiger partial charge in [0.15, 0.2) is 0 Å². The summed E-state index contributed by atoms with van der Waals surface area (Å²) in [5.41, 5.74) is 0.934. The van der Waals surface area contributed by atoms with Crippen LogP contribution in [0.1, 0.15) is 31.2 Å². The third kappa shape index (κ3) is 4.70. The van der Waals surface area contributed by atoms with Gasteiger partial charge < -0.3 is 9.47 Å². The average molecular weight is 291 g/mol. The summed E-state index contributed by atoms with van der Waals surface area (Å²) in [7, 11) is 3.66. The van der Waals surface area contributed by atoms with Crippen LogP contribution in [0.3, 0.4) is 0 Å². The van der Waals surface area contributed by atoms with Gasteiger partial charge >= 0.3 is 0 Å². The Morgan fingerprint density at radius 1 is 1.24 bits per heavy atom. The van der Waals surface area contributed by atoms with Gasteiger partial charge in [-0.2, -0.15) is 0 Å². The van der Waals surface area contributed by atoms with Gasteiger partial charge in [0, 0.05) is 38.9 Å². The molecule has 0 spiro atoms. The van der Waals surface area contributed by atoms with Gasteiger partial charge in [-0.1, -0.05) is 12.8 Å². The van der Waals surface area contributed by atoms with Crippen LogP contribution in [0.25, 0.3) is 0 Å². The molecule has 1 aromatic heterocycles. The molecule has 1 aliphatic heterocycles. The monoisotopic (exact) mass is 291 g/mol. The van der Waals surface area contributed by atoms with Crippen LogP contribution in [0.5, 0.6) is 0 Å². The Morgan fingerprint density at radius 2 is 1.90 bits per heavy atom. The zero-order chi connectivity index (χ0) is 15.2. The van der Waals surface area contributed by atoms with Gasteiger partial charge in [0.25, 0.3) is 5.56 Å². The molecule has 5 nitrogen and oxygen atoms in total. The topological polar surface area (TPSA) is 45.6 Å². The van der Waals surface area contributed by atoms with Gasteiger partial charge in [-0.3, -0.25) is 14.5 Å². The Labute approximate surface area is 126 Å². The Bertz CT molecular complexity index is 531. The van der Waals surface area contributed by atoms with E-state index < -0.39 is 0 Å². The molecule has 1 aromatic rings. The second-order valence-corrected chi connectivity index (χ2v) is 5.95.